The first-order valence-electron chi connectivity index (χ1n) is 10.1. The molecule has 0 fully saturated rings. The summed E-state index contributed by atoms with van der Waals surface area (Å²) in [5.74, 6) is -2.51. The number of hydrogen-bond acceptors (Lipinski definition) is 7. The lowest BCUT2D eigenvalue weighted by Gasteiger charge is -2.25. The minimum Gasteiger partial charge on any atom is -0.548 e. The lowest BCUT2D eigenvalue weighted by Crippen LogP contribution is -2.53. The third-order valence-electron chi connectivity index (χ3n) is 5.17. The molecule has 0 unspecified atom stereocenters. The summed E-state index contributed by atoms with van der Waals surface area (Å²) in [6, 6.07) is 3.77. The van der Waals surface area contributed by atoms with E-state index in [1.165, 1.54) is 6.07 Å². The fourth-order valence-electron chi connectivity index (χ4n) is 3.12. The lowest BCUT2D eigenvalue weighted by molar-refractivity contribution is -0.309. The van der Waals surface area contributed by atoms with Crippen LogP contribution in [0.4, 0.5) is 0 Å². The number of carbonyl (C=O) groups excluding carboxylic acids is 3. The normalized spacial score (nSPS) is 12.8. The van der Waals surface area contributed by atoms with Crippen molar-refractivity contribution in [2.75, 3.05) is 13.2 Å². The van der Waals surface area contributed by atoms with E-state index in [4.69, 9.17) is 9.15 Å². The Bertz CT molecular complexity index is 1030. The summed E-state index contributed by atoms with van der Waals surface area (Å²) >= 11 is 0. The summed E-state index contributed by atoms with van der Waals surface area (Å²) in [4.78, 5) is 46.9. The molecule has 0 saturated heterocycles. The quantitative estimate of drug-likeness (QED) is 0.521. The lowest BCUT2D eigenvalue weighted by atomic mass is 9.99. The Balaban J connectivity index is 1.96. The Hall–Kier alpha value is -3.36. The van der Waals surface area contributed by atoms with Crippen LogP contribution in [-0.4, -0.2) is 37.0 Å². The van der Waals surface area contributed by atoms with Crippen LogP contribution in [0.15, 0.2) is 27.4 Å². The summed E-state index contributed by atoms with van der Waals surface area (Å²) in [5, 5.41) is 16.7. The fraction of sp³-hybridized carbons (Fsp3) is 0.455. The predicted octanol–water partition coefficient (Wildman–Crippen LogP) is 0.440. The molecule has 1 heterocycles. The van der Waals surface area contributed by atoms with Crippen molar-refractivity contribution < 1.29 is 28.6 Å². The van der Waals surface area contributed by atoms with Crippen LogP contribution in [0.3, 0.4) is 0 Å². The molecule has 0 radical (unpaired) electrons. The second-order valence-corrected chi connectivity index (χ2v) is 7.32. The fourth-order valence-corrected chi connectivity index (χ4v) is 3.12. The van der Waals surface area contributed by atoms with E-state index in [0.717, 1.165) is 10.9 Å². The topological polar surface area (TPSA) is 138 Å². The Morgan fingerprint density at radius 1 is 1.19 bits per heavy atom. The van der Waals surface area contributed by atoms with Crippen molar-refractivity contribution in [1.82, 2.24) is 10.6 Å². The van der Waals surface area contributed by atoms with E-state index in [-0.39, 0.29) is 12.5 Å². The first kappa shape index (κ1) is 23.9. The standard InChI is InChI=1S/C22H28N2O7/c1-5-12(3)20(22(28)29)24-17(25)10-23-18(26)11-30-16-8-7-15-14(6-2)9-19(27)31-21(15)13(16)4/h7-9,12,20H,5-6,10-11H2,1-4H3,(H,23,26)(H,24,25)(H,28,29)/p-1/t12-,20-/m0/s1. The first-order valence-corrected chi connectivity index (χ1v) is 10.1. The molecular weight excluding hydrogens is 404 g/mol. The number of benzene rings is 1. The Morgan fingerprint density at radius 2 is 1.90 bits per heavy atom. The third kappa shape index (κ3) is 6.07. The highest BCUT2D eigenvalue weighted by atomic mass is 16.5. The average molecular weight is 431 g/mol. The smallest absolute Gasteiger partial charge is 0.336 e. The van der Waals surface area contributed by atoms with Gasteiger partial charge in [-0.05, 0) is 37.0 Å². The SMILES string of the molecule is CCc1cc(=O)oc2c(C)c(OCC(=O)NCC(=O)N[C@H](C(=O)[O-])[C@@H](C)CC)ccc12. The zero-order valence-corrected chi connectivity index (χ0v) is 18.1. The van der Waals surface area contributed by atoms with Gasteiger partial charge in [0.1, 0.15) is 11.3 Å². The molecule has 31 heavy (non-hydrogen) atoms. The molecule has 1 aromatic heterocycles. The molecule has 2 amide bonds. The minimum absolute atomic E-state index is 0.308. The molecule has 2 N–H and O–H groups in total. The Morgan fingerprint density at radius 3 is 2.52 bits per heavy atom. The van der Waals surface area contributed by atoms with Crippen LogP contribution in [0, 0.1) is 12.8 Å². The predicted molar refractivity (Wildman–Crippen MR) is 111 cm³/mol. The number of ether oxygens (including phenoxy) is 1. The second kappa shape index (κ2) is 10.6. The van der Waals surface area contributed by atoms with Crippen molar-refractivity contribution in [3.8, 4) is 5.75 Å². The molecule has 0 spiro atoms. The van der Waals surface area contributed by atoms with Crippen LogP contribution in [0.5, 0.6) is 5.75 Å². The van der Waals surface area contributed by atoms with Crippen LogP contribution in [0.1, 0.15) is 38.3 Å². The number of aliphatic carboxylic acids is 1. The van der Waals surface area contributed by atoms with Gasteiger partial charge in [0.05, 0.1) is 18.6 Å². The molecule has 2 rings (SSSR count). The van der Waals surface area contributed by atoms with Gasteiger partial charge < -0.3 is 29.7 Å². The summed E-state index contributed by atoms with van der Waals surface area (Å²) in [6.07, 6.45) is 1.21. The minimum atomic E-state index is -1.37. The molecule has 168 valence electrons. The zero-order valence-electron chi connectivity index (χ0n) is 18.1. The average Bonchev–Trinajstić information content (AvgIpc) is 2.74. The van der Waals surface area contributed by atoms with Gasteiger partial charge in [0.25, 0.3) is 5.91 Å². The van der Waals surface area contributed by atoms with Crippen LogP contribution >= 0.6 is 0 Å². The maximum atomic E-state index is 12.0. The Kier molecular flexibility index (Phi) is 8.18. The van der Waals surface area contributed by atoms with E-state index >= 15 is 0 Å². The van der Waals surface area contributed by atoms with Gasteiger partial charge in [-0.2, -0.15) is 0 Å². The van der Waals surface area contributed by atoms with Gasteiger partial charge in [0, 0.05) is 17.0 Å². The van der Waals surface area contributed by atoms with E-state index in [9.17, 15) is 24.3 Å². The summed E-state index contributed by atoms with van der Waals surface area (Å²) < 4.78 is 10.8. The van der Waals surface area contributed by atoms with Gasteiger partial charge in [0.15, 0.2) is 6.61 Å². The zero-order chi connectivity index (χ0) is 23.1. The van der Waals surface area contributed by atoms with E-state index in [1.807, 2.05) is 6.92 Å². The molecular formula is C22H27N2O7-. The van der Waals surface area contributed by atoms with Crippen molar-refractivity contribution in [2.45, 2.75) is 46.6 Å². The van der Waals surface area contributed by atoms with Gasteiger partial charge in [-0.25, -0.2) is 4.79 Å². The number of carboxylic acids is 1. The number of amides is 2. The molecule has 1 aromatic carbocycles. The van der Waals surface area contributed by atoms with Crippen molar-refractivity contribution in [3.05, 3.63) is 39.7 Å². The Labute approximate surface area is 179 Å². The number of fused-ring (bicyclic) bond motifs is 1. The van der Waals surface area contributed by atoms with Crippen LogP contribution in [0.25, 0.3) is 11.0 Å². The number of rotatable bonds is 10. The van der Waals surface area contributed by atoms with E-state index in [2.05, 4.69) is 10.6 Å². The van der Waals surface area contributed by atoms with Gasteiger partial charge in [-0.1, -0.05) is 27.2 Å². The van der Waals surface area contributed by atoms with E-state index in [1.54, 1.807) is 32.9 Å². The maximum absolute atomic E-state index is 12.0. The molecule has 2 atom stereocenters. The molecule has 9 heteroatoms. The summed E-state index contributed by atoms with van der Waals surface area (Å²) in [6.45, 7) is 6.38. The van der Waals surface area contributed by atoms with Crippen molar-refractivity contribution in [2.24, 2.45) is 5.92 Å². The highest BCUT2D eigenvalue weighted by molar-refractivity contribution is 5.88. The molecule has 2 aromatic rings. The third-order valence-corrected chi connectivity index (χ3v) is 5.17. The van der Waals surface area contributed by atoms with E-state index < -0.39 is 36.0 Å². The van der Waals surface area contributed by atoms with Crippen LogP contribution in [0.2, 0.25) is 0 Å². The molecule has 0 aliphatic carbocycles. The van der Waals surface area contributed by atoms with Crippen LogP contribution in [-0.2, 0) is 20.8 Å². The highest BCUT2D eigenvalue weighted by Gasteiger charge is 2.20. The molecule has 0 saturated carbocycles. The summed E-state index contributed by atoms with van der Waals surface area (Å²) in [7, 11) is 0. The summed E-state index contributed by atoms with van der Waals surface area (Å²) in [5.41, 5.74) is 1.39. The second-order valence-electron chi connectivity index (χ2n) is 7.32. The maximum Gasteiger partial charge on any atom is 0.336 e. The highest BCUT2D eigenvalue weighted by Crippen LogP contribution is 2.28. The molecule has 0 aliphatic rings. The van der Waals surface area contributed by atoms with E-state index in [0.29, 0.717) is 29.7 Å². The molecule has 0 aliphatic heterocycles. The van der Waals surface area contributed by atoms with Gasteiger partial charge >= 0.3 is 5.63 Å². The monoisotopic (exact) mass is 431 g/mol. The number of carbonyl (C=O) groups is 3. The number of nitrogens with one attached hydrogen (secondary N) is 2. The number of carboxylic acid groups (broad SMARTS) is 1. The molecule has 9 nitrogen and oxygen atoms in total. The van der Waals surface area contributed by atoms with Gasteiger partial charge in [-0.15, -0.1) is 0 Å². The van der Waals surface area contributed by atoms with Crippen LogP contribution < -0.4 is 26.1 Å². The number of hydrogen-bond donors (Lipinski definition) is 2. The van der Waals surface area contributed by atoms with Crippen molar-refractivity contribution >= 4 is 28.8 Å². The molecule has 0 bridgehead atoms. The van der Waals surface area contributed by atoms with Gasteiger partial charge in [-0.3, -0.25) is 9.59 Å². The van der Waals surface area contributed by atoms with Gasteiger partial charge in [0.2, 0.25) is 5.91 Å². The largest absolute Gasteiger partial charge is 0.548 e. The number of aryl methyl sites for hydroxylation is 2. The van der Waals surface area contributed by atoms with Crippen molar-refractivity contribution in [3.63, 3.8) is 0 Å². The van der Waals surface area contributed by atoms with Crippen molar-refractivity contribution in [1.29, 1.82) is 0 Å². The first-order chi connectivity index (χ1) is 14.7.